The van der Waals surface area contributed by atoms with Gasteiger partial charge >= 0.3 is 0 Å². The number of carbonyl (C=O) groups is 2. The number of carbonyl (C=O) groups excluding carboxylic acids is 2. The number of sulfonamides is 1. The molecule has 0 spiro atoms. The lowest BCUT2D eigenvalue weighted by Gasteiger charge is -2.35. The van der Waals surface area contributed by atoms with E-state index in [4.69, 9.17) is 9.88 Å². The molecule has 2 fully saturated rings. The highest BCUT2D eigenvalue weighted by atomic mass is 32.2. The predicted octanol–water partition coefficient (Wildman–Crippen LogP) is 2.39. The predicted molar refractivity (Wildman–Crippen MR) is 223 cm³/mol. The Morgan fingerprint density at radius 2 is 1.76 bits per heavy atom. The van der Waals surface area contributed by atoms with Crippen LogP contribution >= 0.6 is 11.3 Å². The van der Waals surface area contributed by atoms with Crippen LogP contribution in [0.15, 0.2) is 52.9 Å². The van der Waals surface area contributed by atoms with Crippen LogP contribution in [0.4, 0.5) is 11.4 Å². The normalized spacial score (nSPS) is 18.6. The number of aliphatic hydroxyl groups is 1. The molecule has 3 atom stereocenters. The number of hydrogen-bond donors (Lipinski definition) is 5. The van der Waals surface area contributed by atoms with Crippen LogP contribution in [-0.2, 0) is 30.9 Å². The average molecular weight is 844 g/mol. The average Bonchev–Trinajstić information content (AvgIpc) is 3.79. The molecule has 3 aromatic rings. The smallest absolute Gasteiger partial charge is 0.293 e. The maximum absolute atomic E-state index is 13.9. The largest absolute Gasteiger partial charge is 0.391 e. The first kappa shape index (κ1) is 45.0. The molecule has 6 N–H and O–H groups in total. The first-order valence-corrected chi connectivity index (χ1v) is 22.0. The Bertz CT molecular complexity index is 1970. The molecule has 0 aliphatic carbocycles. The molecular weight excluding hydrogens is 787 g/mol. The van der Waals surface area contributed by atoms with Crippen molar-refractivity contribution in [2.45, 2.75) is 70.2 Å². The number of piperazine rings is 1. The summed E-state index contributed by atoms with van der Waals surface area (Å²) in [4.78, 5) is 49.4. The number of rotatable bonds is 19. The zero-order valence-electron chi connectivity index (χ0n) is 33.7. The van der Waals surface area contributed by atoms with Gasteiger partial charge in [-0.05, 0) is 48.6 Å². The lowest BCUT2D eigenvalue weighted by molar-refractivity contribution is -0.384. The number of primary sulfonamides is 1. The van der Waals surface area contributed by atoms with Crippen molar-refractivity contribution in [2.75, 3.05) is 77.4 Å². The number of ether oxygens (including phenoxy) is 1. The number of nitro groups is 1. The fraction of sp³-hybridized carbons (Fsp3) is 0.564. The van der Waals surface area contributed by atoms with Crippen molar-refractivity contribution in [3.63, 3.8) is 0 Å². The van der Waals surface area contributed by atoms with Crippen LogP contribution in [0.25, 0.3) is 10.4 Å². The highest BCUT2D eigenvalue weighted by Gasteiger charge is 2.43. The molecule has 19 heteroatoms. The molecule has 5 rings (SSSR count). The standard InChI is InChI=1S/C39H57N9O8S2/c1-27-35(57-26-44-27)29-8-6-28(7-9-29)24-43-37(50)34-22-30(49)25-47(34)38(51)36(39(2,3)4)42-12-5-20-56-21-19-46-17-15-45(16-18-46)14-13-41-32-11-10-31(58(40,54)55)23-33(32)48(52)53/h6-11,23,26,30,34,36,41-42,49H,5,12-22,24-25H2,1-4H3,(H,43,50)(H2,40,54,55)/t30-,34+,36-/m1/s1. The van der Waals surface area contributed by atoms with Gasteiger partial charge in [0.15, 0.2) is 0 Å². The number of benzene rings is 2. The zero-order valence-corrected chi connectivity index (χ0v) is 35.3. The van der Waals surface area contributed by atoms with Crippen LogP contribution in [0.5, 0.6) is 0 Å². The lowest BCUT2D eigenvalue weighted by atomic mass is 9.85. The van der Waals surface area contributed by atoms with E-state index >= 15 is 0 Å². The van der Waals surface area contributed by atoms with Gasteiger partial charge in [-0.2, -0.15) is 0 Å². The van der Waals surface area contributed by atoms with Gasteiger partial charge in [-0.1, -0.05) is 45.0 Å². The second-order valence-corrected chi connectivity index (χ2v) is 18.3. The molecule has 2 aromatic carbocycles. The number of aryl methyl sites for hydroxylation is 1. The van der Waals surface area contributed by atoms with Crippen molar-refractivity contribution < 1.29 is 32.8 Å². The van der Waals surface area contributed by atoms with E-state index in [0.29, 0.717) is 45.8 Å². The first-order chi connectivity index (χ1) is 27.5. The highest BCUT2D eigenvalue weighted by Crippen LogP contribution is 2.29. The van der Waals surface area contributed by atoms with Gasteiger partial charge in [0.2, 0.25) is 21.8 Å². The summed E-state index contributed by atoms with van der Waals surface area (Å²) in [7, 11) is -4.05. The van der Waals surface area contributed by atoms with E-state index in [1.54, 1.807) is 11.3 Å². The third-order valence-corrected chi connectivity index (χ3v) is 12.4. The molecule has 2 saturated heterocycles. The van der Waals surface area contributed by atoms with E-state index in [9.17, 15) is 33.2 Å². The molecule has 2 aliphatic rings. The van der Waals surface area contributed by atoms with Crippen molar-refractivity contribution in [3.8, 4) is 10.4 Å². The Balaban J connectivity index is 0.982. The van der Waals surface area contributed by atoms with Crippen molar-refractivity contribution in [2.24, 2.45) is 10.6 Å². The monoisotopic (exact) mass is 843 g/mol. The van der Waals surface area contributed by atoms with Gasteiger partial charge in [-0.25, -0.2) is 18.5 Å². The molecule has 0 radical (unpaired) electrons. The van der Waals surface area contributed by atoms with E-state index in [2.05, 4.69) is 30.7 Å². The molecule has 318 valence electrons. The quantitative estimate of drug-likeness (QED) is 0.0665. The summed E-state index contributed by atoms with van der Waals surface area (Å²) in [6.45, 7) is 15.3. The fourth-order valence-corrected chi connectivity index (χ4v) is 8.53. The number of nitrogens with one attached hydrogen (secondary N) is 3. The van der Waals surface area contributed by atoms with Crippen LogP contribution in [0.3, 0.4) is 0 Å². The van der Waals surface area contributed by atoms with Crippen LogP contribution in [-0.4, -0.2) is 140 Å². The maximum Gasteiger partial charge on any atom is 0.293 e. The van der Waals surface area contributed by atoms with Crippen molar-refractivity contribution in [1.82, 2.24) is 30.3 Å². The highest BCUT2D eigenvalue weighted by molar-refractivity contribution is 7.89. The molecule has 2 amide bonds. The molecule has 17 nitrogen and oxygen atoms in total. The molecule has 0 unspecified atom stereocenters. The third-order valence-electron chi connectivity index (χ3n) is 10.5. The number of nitrogens with zero attached hydrogens (tertiary/aromatic N) is 5. The number of thiazole rings is 1. The summed E-state index contributed by atoms with van der Waals surface area (Å²) in [5.74, 6) is -0.489. The zero-order chi connectivity index (χ0) is 42.0. The minimum Gasteiger partial charge on any atom is -0.391 e. The van der Waals surface area contributed by atoms with E-state index in [1.165, 1.54) is 17.0 Å². The summed E-state index contributed by atoms with van der Waals surface area (Å²) in [6, 6.07) is 10.2. The number of hydrogen-bond acceptors (Lipinski definition) is 14. The molecule has 2 aliphatic heterocycles. The molecular formula is C39H57N9O8S2. The molecule has 1 aromatic heterocycles. The van der Waals surface area contributed by atoms with Gasteiger partial charge in [0.1, 0.15) is 11.7 Å². The third kappa shape index (κ3) is 12.5. The van der Waals surface area contributed by atoms with Crippen LogP contribution < -0.4 is 21.1 Å². The Labute approximate surface area is 344 Å². The van der Waals surface area contributed by atoms with Crippen molar-refractivity contribution >= 4 is 44.5 Å². The van der Waals surface area contributed by atoms with E-state index < -0.39 is 38.5 Å². The van der Waals surface area contributed by atoms with Gasteiger partial charge in [0, 0.05) is 78.0 Å². The Morgan fingerprint density at radius 3 is 2.38 bits per heavy atom. The Kier molecular flexibility index (Phi) is 15.7. The van der Waals surface area contributed by atoms with Crippen LogP contribution in [0, 0.1) is 22.5 Å². The Hall–Kier alpha value is -4.08. The SMILES string of the molecule is Cc1ncsc1-c1ccc(CNC(=O)[C@@H]2C[C@@H](O)CN2C(=O)[C@@H](NCCCOCCN2CCN(CCNc3ccc(S(N)(=O)=O)cc3[N+](=O)[O-])CC2)C(C)(C)C)cc1. The first-order valence-electron chi connectivity index (χ1n) is 19.6. The van der Waals surface area contributed by atoms with Gasteiger partial charge in [0.05, 0.1) is 44.7 Å². The fourth-order valence-electron chi connectivity index (χ4n) is 7.19. The summed E-state index contributed by atoms with van der Waals surface area (Å²) in [6.07, 6.45) is 0.100. The van der Waals surface area contributed by atoms with E-state index in [1.807, 2.05) is 57.5 Å². The maximum atomic E-state index is 13.9. The molecule has 58 heavy (non-hydrogen) atoms. The number of amides is 2. The van der Waals surface area contributed by atoms with Crippen LogP contribution in [0.2, 0.25) is 0 Å². The summed E-state index contributed by atoms with van der Waals surface area (Å²) >= 11 is 1.59. The number of β-amino-alcohol motifs (C(OH)–C–C–N with tert-alkyl or cyclic N) is 1. The van der Waals surface area contributed by atoms with E-state index in [-0.39, 0.29) is 41.1 Å². The summed E-state index contributed by atoms with van der Waals surface area (Å²) < 4.78 is 29.1. The Morgan fingerprint density at radius 1 is 1.07 bits per heavy atom. The second-order valence-electron chi connectivity index (χ2n) is 15.9. The number of nitrogens with two attached hydrogens (primary N) is 1. The summed E-state index contributed by atoms with van der Waals surface area (Å²) in [5.41, 5.74) is 4.26. The molecule has 3 heterocycles. The van der Waals surface area contributed by atoms with Crippen molar-refractivity contribution in [1.29, 1.82) is 0 Å². The van der Waals surface area contributed by atoms with Gasteiger partial charge in [-0.15, -0.1) is 11.3 Å². The molecule has 0 bridgehead atoms. The van der Waals surface area contributed by atoms with E-state index in [0.717, 1.165) is 60.5 Å². The minimum atomic E-state index is -4.05. The van der Waals surface area contributed by atoms with Gasteiger partial charge in [0.25, 0.3) is 5.69 Å². The topological polar surface area (TPSA) is 226 Å². The summed E-state index contributed by atoms with van der Waals surface area (Å²) in [5, 5.41) is 36.6. The van der Waals surface area contributed by atoms with Crippen molar-refractivity contribution in [3.05, 3.63) is 69.3 Å². The van der Waals surface area contributed by atoms with Crippen LogP contribution in [0.1, 0.15) is 44.9 Å². The number of anilines is 1. The number of nitro benzene ring substituents is 1. The number of aliphatic hydroxyl groups excluding tert-OH is 1. The lowest BCUT2D eigenvalue weighted by Crippen LogP contribution is -2.56. The number of likely N-dealkylation sites (tertiary alicyclic amines) is 1. The molecule has 0 saturated carbocycles. The number of aromatic nitrogens is 1. The second kappa shape index (κ2) is 20.3. The minimum absolute atomic E-state index is 0.104. The van der Waals surface area contributed by atoms with Gasteiger partial charge < -0.3 is 30.7 Å². The van der Waals surface area contributed by atoms with Gasteiger partial charge in [-0.3, -0.25) is 29.5 Å².